The number of carbonyl (C=O) groups is 1. The molecule has 0 aliphatic carbocycles. The molecule has 1 aliphatic heterocycles. The highest BCUT2D eigenvalue weighted by Crippen LogP contribution is 2.43. The van der Waals surface area contributed by atoms with Crippen LogP contribution in [0, 0.1) is 0 Å². The Morgan fingerprint density at radius 1 is 0.909 bits per heavy atom. The zero-order valence-corrected chi connectivity index (χ0v) is 12.9. The van der Waals surface area contributed by atoms with Crippen molar-refractivity contribution < 1.29 is 4.79 Å². The molecule has 0 unspecified atom stereocenters. The summed E-state index contributed by atoms with van der Waals surface area (Å²) in [6.45, 7) is 1.89. The first-order valence-electron chi connectivity index (χ1n) is 7.86. The summed E-state index contributed by atoms with van der Waals surface area (Å²) in [5, 5.41) is 0. The molecule has 0 saturated carbocycles. The first-order chi connectivity index (χ1) is 10.8. The van der Waals surface area contributed by atoms with Gasteiger partial charge in [0.25, 0.3) is 0 Å². The highest BCUT2D eigenvalue weighted by molar-refractivity contribution is 5.88. The SMILES string of the molecule is C/C=C/C(=O)N1[C@H](c2ccccc2)CC[C@H]1c1ccccc1. The molecule has 2 atom stereocenters. The molecule has 112 valence electrons. The summed E-state index contributed by atoms with van der Waals surface area (Å²) in [6.07, 6.45) is 5.52. The number of rotatable bonds is 3. The van der Waals surface area contributed by atoms with E-state index in [1.807, 2.05) is 54.3 Å². The summed E-state index contributed by atoms with van der Waals surface area (Å²) < 4.78 is 0. The van der Waals surface area contributed by atoms with Crippen molar-refractivity contribution in [2.45, 2.75) is 31.8 Å². The molecule has 2 aromatic rings. The number of likely N-dealkylation sites (tertiary alicyclic amines) is 1. The molecule has 1 saturated heterocycles. The van der Waals surface area contributed by atoms with Gasteiger partial charge in [-0.2, -0.15) is 0 Å². The second-order valence-corrected chi connectivity index (χ2v) is 5.68. The third-order valence-corrected chi connectivity index (χ3v) is 4.32. The van der Waals surface area contributed by atoms with Gasteiger partial charge in [-0.05, 0) is 37.0 Å². The van der Waals surface area contributed by atoms with Crippen molar-refractivity contribution >= 4 is 5.91 Å². The van der Waals surface area contributed by atoms with Gasteiger partial charge in [0, 0.05) is 0 Å². The van der Waals surface area contributed by atoms with Crippen LogP contribution in [-0.2, 0) is 4.79 Å². The van der Waals surface area contributed by atoms with Crippen LogP contribution in [0.3, 0.4) is 0 Å². The summed E-state index contributed by atoms with van der Waals surface area (Å²) in [7, 11) is 0. The van der Waals surface area contributed by atoms with Crippen LogP contribution < -0.4 is 0 Å². The Hall–Kier alpha value is -2.35. The van der Waals surface area contributed by atoms with Gasteiger partial charge in [-0.1, -0.05) is 66.7 Å². The molecule has 22 heavy (non-hydrogen) atoms. The molecule has 1 aliphatic rings. The quantitative estimate of drug-likeness (QED) is 0.753. The van der Waals surface area contributed by atoms with Crippen molar-refractivity contribution in [3.05, 3.63) is 83.9 Å². The molecular formula is C20H21NO. The number of benzene rings is 2. The van der Waals surface area contributed by atoms with Crippen LogP contribution >= 0.6 is 0 Å². The zero-order valence-electron chi connectivity index (χ0n) is 12.9. The van der Waals surface area contributed by atoms with Crippen LogP contribution in [0.5, 0.6) is 0 Å². The zero-order chi connectivity index (χ0) is 15.4. The average molecular weight is 291 g/mol. The van der Waals surface area contributed by atoms with Crippen molar-refractivity contribution in [2.75, 3.05) is 0 Å². The number of hydrogen-bond donors (Lipinski definition) is 0. The Morgan fingerprint density at radius 2 is 1.36 bits per heavy atom. The standard InChI is InChI=1S/C20H21NO/c1-2-9-20(22)21-18(16-10-5-3-6-11-16)14-15-19(21)17-12-7-4-8-13-17/h2-13,18-19H,14-15H2,1H3/b9-2+/t18-,19-/m0/s1. The number of amides is 1. The van der Waals surface area contributed by atoms with E-state index < -0.39 is 0 Å². The van der Waals surface area contributed by atoms with E-state index in [4.69, 9.17) is 0 Å². The predicted octanol–water partition coefficient (Wildman–Crippen LogP) is 4.67. The molecule has 1 amide bonds. The molecule has 0 N–H and O–H groups in total. The minimum atomic E-state index is 0.0997. The normalized spacial score (nSPS) is 21.4. The second kappa shape index (κ2) is 6.61. The lowest BCUT2D eigenvalue weighted by Crippen LogP contribution is -2.31. The third kappa shape index (κ3) is 2.82. The molecule has 1 fully saturated rings. The Morgan fingerprint density at radius 3 is 1.77 bits per heavy atom. The van der Waals surface area contributed by atoms with Crippen LogP contribution in [0.15, 0.2) is 72.8 Å². The van der Waals surface area contributed by atoms with Crippen LogP contribution in [0.4, 0.5) is 0 Å². The van der Waals surface area contributed by atoms with E-state index in [9.17, 15) is 4.79 Å². The molecule has 0 aromatic heterocycles. The maximum atomic E-state index is 12.7. The van der Waals surface area contributed by atoms with Gasteiger partial charge in [0.1, 0.15) is 0 Å². The predicted molar refractivity (Wildman–Crippen MR) is 89.3 cm³/mol. The number of nitrogens with zero attached hydrogens (tertiary/aromatic N) is 1. The van der Waals surface area contributed by atoms with Crippen LogP contribution in [0.25, 0.3) is 0 Å². The monoisotopic (exact) mass is 291 g/mol. The van der Waals surface area contributed by atoms with Gasteiger partial charge >= 0.3 is 0 Å². The summed E-state index contributed by atoms with van der Waals surface area (Å²) in [6, 6.07) is 21.0. The maximum absolute atomic E-state index is 12.7. The average Bonchev–Trinajstić information content (AvgIpc) is 3.02. The number of allylic oxidation sites excluding steroid dienone is 1. The summed E-state index contributed by atoms with van der Waals surface area (Å²) >= 11 is 0. The van der Waals surface area contributed by atoms with E-state index in [2.05, 4.69) is 24.3 Å². The molecule has 2 heteroatoms. The van der Waals surface area contributed by atoms with Crippen molar-refractivity contribution in [2.24, 2.45) is 0 Å². The minimum absolute atomic E-state index is 0.0997. The molecule has 2 aromatic carbocycles. The Bertz CT molecular complexity index is 600. The van der Waals surface area contributed by atoms with E-state index in [-0.39, 0.29) is 18.0 Å². The van der Waals surface area contributed by atoms with Crippen molar-refractivity contribution in [1.82, 2.24) is 4.90 Å². The van der Waals surface area contributed by atoms with Crippen molar-refractivity contribution in [1.29, 1.82) is 0 Å². The number of hydrogen-bond acceptors (Lipinski definition) is 1. The van der Waals surface area contributed by atoms with Gasteiger partial charge in [-0.25, -0.2) is 0 Å². The minimum Gasteiger partial charge on any atom is -0.325 e. The summed E-state index contributed by atoms with van der Waals surface area (Å²) in [5.74, 6) is 0.0997. The maximum Gasteiger partial charge on any atom is 0.247 e. The smallest absolute Gasteiger partial charge is 0.247 e. The van der Waals surface area contributed by atoms with Gasteiger partial charge in [0.05, 0.1) is 12.1 Å². The van der Waals surface area contributed by atoms with Gasteiger partial charge in [0.15, 0.2) is 0 Å². The van der Waals surface area contributed by atoms with Gasteiger partial charge in [0.2, 0.25) is 5.91 Å². The Kier molecular flexibility index (Phi) is 4.38. The fraction of sp³-hybridized carbons (Fsp3) is 0.250. The highest BCUT2D eigenvalue weighted by Gasteiger charge is 2.37. The van der Waals surface area contributed by atoms with Crippen LogP contribution in [0.1, 0.15) is 43.0 Å². The lowest BCUT2D eigenvalue weighted by atomic mass is 10.0. The lowest BCUT2D eigenvalue weighted by Gasteiger charge is -2.30. The fourth-order valence-electron chi connectivity index (χ4n) is 3.35. The third-order valence-electron chi connectivity index (χ3n) is 4.32. The molecule has 1 heterocycles. The molecular weight excluding hydrogens is 270 g/mol. The summed E-state index contributed by atoms with van der Waals surface area (Å²) in [5.41, 5.74) is 2.44. The highest BCUT2D eigenvalue weighted by atomic mass is 16.2. The van der Waals surface area contributed by atoms with E-state index in [1.165, 1.54) is 11.1 Å². The molecule has 0 spiro atoms. The molecule has 0 radical (unpaired) electrons. The first kappa shape index (κ1) is 14.6. The van der Waals surface area contributed by atoms with Crippen LogP contribution in [-0.4, -0.2) is 10.8 Å². The summed E-state index contributed by atoms with van der Waals surface area (Å²) in [4.78, 5) is 14.7. The topological polar surface area (TPSA) is 20.3 Å². The van der Waals surface area contributed by atoms with E-state index >= 15 is 0 Å². The molecule has 0 bridgehead atoms. The van der Waals surface area contributed by atoms with Crippen molar-refractivity contribution in [3.63, 3.8) is 0 Å². The fourth-order valence-corrected chi connectivity index (χ4v) is 3.35. The lowest BCUT2D eigenvalue weighted by molar-refractivity contribution is -0.129. The van der Waals surface area contributed by atoms with E-state index in [1.54, 1.807) is 6.08 Å². The van der Waals surface area contributed by atoms with Crippen molar-refractivity contribution in [3.8, 4) is 0 Å². The van der Waals surface area contributed by atoms with Gasteiger partial charge < -0.3 is 4.90 Å². The number of carbonyl (C=O) groups excluding carboxylic acids is 1. The van der Waals surface area contributed by atoms with E-state index in [0.29, 0.717) is 0 Å². The van der Waals surface area contributed by atoms with Gasteiger partial charge in [-0.15, -0.1) is 0 Å². The Balaban J connectivity index is 1.97. The molecule has 3 rings (SSSR count). The molecule has 2 nitrogen and oxygen atoms in total. The second-order valence-electron chi connectivity index (χ2n) is 5.68. The Labute approximate surface area is 132 Å². The largest absolute Gasteiger partial charge is 0.325 e. The van der Waals surface area contributed by atoms with Crippen LogP contribution in [0.2, 0.25) is 0 Å². The van der Waals surface area contributed by atoms with E-state index in [0.717, 1.165) is 12.8 Å². The van der Waals surface area contributed by atoms with Gasteiger partial charge in [-0.3, -0.25) is 4.79 Å². The first-order valence-corrected chi connectivity index (χ1v) is 7.86.